The van der Waals surface area contributed by atoms with Crippen molar-refractivity contribution in [3.05, 3.63) is 75.7 Å². The quantitative estimate of drug-likeness (QED) is 0.218. The van der Waals surface area contributed by atoms with E-state index in [1.807, 2.05) is 42.7 Å². The third kappa shape index (κ3) is 8.52. The van der Waals surface area contributed by atoms with Crippen LogP contribution in [0.5, 0.6) is 0 Å². The lowest BCUT2D eigenvalue weighted by atomic mass is 9.73. The van der Waals surface area contributed by atoms with Gasteiger partial charge in [-0.15, -0.1) is 11.3 Å². The fraction of sp³-hybridized carbons (Fsp3) is 0.525. The SMILES string of the molecule is CCO[C@H]1CC[C@H](C2CC=C(c3cnc(-c4ccc(C[C@H](NC(=O)c5ccc(C(C)(C)C)s5)C(=O)N5CC(C(=O)O)C5)cc4)nc3)CC2)CC1. The summed E-state index contributed by atoms with van der Waals surface area (Å²) in [5.41, 5.74) is 4.06. The highest BCUT2D eigenvalue weighted by Gasteiger charge is 2.39. The van der Waals surface area contributed by atoms with E-state index in [4.69, 9.17) is 14.7 Å². The monoisotopic (exact) mass is 698 g/mol. The first-order valence-electron chi connectivity index (χ1n) is 18.1. The number of carboxylic acids is 1. The summed E-state index contributed by atoms with van der Waals surface area (Å²) in [4.78, 5) is 50.7. The van der Waals surface area contributed by atoms with Gasteiger partial charge in [0.2, 0.25) is 5.91 Å². The Hall–Kier alpha value is -3.89. The van der Waals surface area contributed by atoms with Crippen molar-refractivity contribution in [2.24, 2.45) is 17.8 Å². The number of nitrogens with zero attached hydrogens (tertiary/aromatic N) is 3. The number of likely N-dealkylation sites (tertiary alicyclic amines) is 1. The number of ether oxygens (including phenoxy) is 1. The zero-order valence-electron chi connectivity index (χ0n) is 29.7. The van der Waals surface area contributed by atoms with Crippen LogP contribution in [0.15, 0.2) is 54.9 Å². The van der Waals surface area contributed by atoms with Crippen molar-refractivity contribution in [2.45, 2.75) is 96.6 Å². The third-order valence-electron chi connectivity index (χ3n) is 10.6. The average Bonchev–Trinajstić information content (AvgIpc) is 3.60. The minimum Gasteiger partial charge on any atom is -0.481 e. The molecule has 2 atom stereocenters. The van der Waals surface area contributed by atoms with Crippen LogP contribution in [0, 0.1) is 17.8 Å². The van der Waals surface area contributed by atoms with Gasteiger partial charge in [0.05, 0.1) is 16.9 Å². The van der Waals surface area contributed by atoms with Crippen LogP contribution >= 0.6 is 11.3 Å². The van der Waals surface area contributed by atoms with Crippen LogP contribution in [0.4, 0.5) is 0 Å². The van der Waals surface area contributed by atoms with Gasteiger partial charge in [0.15, 0.2) is 5.82 Å². The van der Waals surface area contributed by atoms with E-state index in [1.54, 1.807) is 6.07 Å². The van der Waals surface area contributed by atoms with Gasteiger partial charge in [-0.2, -0.15) is 0 Å². The van der Waals surface area contributed by atoms with Crippen molar-refractivity contribution in [2.75, 3.05) is 19.7 Å². The lowest BCUT2D eigenvalue weighted by Gasteiger charge is -2.38. The summed E-state index contributed by atoms with van der Waals surface area (Å²) >= 11 is 1.42. The maximum Gasteiger partial charge on any atom is 0.310 e. The molecule has 2 amide bonds. The van der Waals surface area contributed by atoms with Crippen LogP contribution < -0.4 is 5.32 Å². The molecule has 0 radical (unpaired) electrons. The molecule has 1 unspecified atom stereocenters. The molecule has 3 heterocycles. The second-order valence-corrected chi connectivity index (χ2v) is 16.3. The summed E-state index contributed by atoms with van der Waals surface area (Å²) in [6.45, 7) is 9.48. The van der Waals surface area contributed by atoms with E-state index in [1.165, 1.54) is 53.9 Å². The van der Waals surface area contributed by atoms with Crippen LogP contribution in [0.1, 0.15) is 98.3 Å². The first-order chi connectivity index (χ1) is 24.0. The van der Waals surface area contributed by atoms with E-state index in [-0.39, 0.29) is 36.7 Å². The molecule has 9 nitrogen and oxygen atoms in total. The summed E-state index contributed by atoms with van der Waals surface area (Å²) in [6, 6.07) is 10.7. The Morgan fingerprint density at radius 3 is 2.24 bits per heavy atom. The molecule has 0 spiro atoms. The van der Waals surface area contributed by atoms with Gasteiger partial charge in [-0.3, -0.25) is 14.4 Å². The van der Waals surface area contributed by atoms with Crippen molar-refractivity contribution >= 4 is 34.7 Å². The fourth-order valence-corrected chi connectivity index (χ4v) is 8.47. The van der Waals surface area contributed by atoms with E-state index in [9.17, 15) is 19.5 Å². The summed E-state index contributed by atoms with van der Waals surface area (Å²) < 4.78 is 5.85. The number of carbonyl (C=O) groups is 3. The van der Waals surface area contributed by atoms with Gasteiger partial charge >= 0.3 is 5.97 Å². The molecule has 2 aliphatic carbocycles. The maximum absolute atomic E-state index is 13.5. The molecule has 0 bridgehead atoms. The number of allylic oxidation sites excluding steroid dienone is 2. The number of amides is 2. The first kappa shape index (κ1) is 35.9. The lowest BCUT2D eigenvalue weighted by molar-refractivity contribution is -0.153. The molecular formula is C40H50N4O5S. The Balaban J connectivity index is 1.08. The highest BCUT2D eigenvalue weighted by molar-refractivity contribution is 7.14. The molecule has 266 valence electrons. The Labute approximate surface area is 299 Å². The molecule has 1 aliphatic heterocycles. The normalized spacial score (nSPS) is 22.0. The maximum atomic E-state index is 13.5. The van der Waals surface area contributed by atoms with Crippen molar-refractivity contribution in [3.63, 3.8) is 0 Å². The molecule has 3 aliphatic rings. The van der Waals surface area contributed by atoms with Gasteiger partial charge in [0.25, 0.3) is 5.91 Å². The largest absolute Gasteiger partial charge is 0.481 e. The van der Waals surface area contributed by atoms with E-state index in [2.05, 4.69) is 39.1 Å². The highest BCUT2D eigenvalue weighted by atomic mass is 32.1. The number of rotatable bonds is 11. The van der Waals surface area contributed by atoms with Crippen molar-refractivity contribution in [1.29, 1.82) is 0 Å². The van der Waals surface area contributed by atoms with E-state index in [0.29, 0.717) is 16.8 Å². The molecular weight excluding hydrogens is 649 g/mol. The van der Waals surface area contributed by atoms with Crippen LogP contribution in [0.2, 0.25) is 0 Å². The molecule has 50 heavy (non-hydrogen) atoms. The predicted molar refractivity (Wildman–Crippen MR) is 196 cm³/mol. The minimum absolute atomic E-state index is 0.0894. The number of hydrogen-bond acceptors (Lipinski definition) is 7. The summed E-state index contributed by atoms with van der Waals surface area (Å²) in [7, 11) is 0. The Morgan fingerprint density at radius 1 is 0.960 bits per heavy atom. The van der Waals surface area contributed by atoms with Gasteiger partial charge in [-0.25, -0.2) is 9.97 Å². The topological polar surface area (TPSA) is 122 Å². The van der Waals surface area contributed by atoms with Crippen LogP contribution in [-0.4, -0.2) is 69.6 Å². The molecule has 10 heteroatoms. The number of thiophene rings is 1. The molecule has 1 saturated heterocycles. The van der Waals surface area contributed by atoms with Gasteiger partial charge in [0.1, 0.15) is 6.04 Å². The summed E-state index contributed by atoms with van der Waals surface area (Å²) in [5.74, 6) is 0.126. The molecule has 6 rings (SSSR count). The highest BCUT2D eigenvalue weighted by Crippen LogP contribution is 2.40. The van der Waals surface area contributed by atoms with Crippen molar-refractivity contribution < 1.29 is 24.2 Å². The smallest absolute Gasteiger partial charge is 0.310 e. The summed E-state index contributed by atoms with van der Waals surface area (Å²) in [6.07, 6.45) is 15.3. The van der Waals surface area contributed by atoms with Crippen molar-refractivity contribution in [3.8, 4) is 11.4 Å². The zero-order valence-corrected chi connectivity index (χ0v) is 30.5. The Morgan fingerprint density at radius 2 is 1.66 bits per heavy atom. The van der Waals surface area contributed by atoms with Gasteiger partial charge in [-0.1, -0.05) is 51.1 Å². The predicted octanol–water partition coefficient (Wildman–Crippen LogP) is 7.17. The number of hydrogen-bond donors (Lipinski definition) is 2. The Bertz CT molecular complexity index is 1680. The second-order valence-electron chi connectivity index (χ2n) is 15.2. The van der Waals surface area contributed by atoms with Crippen molar-refractivity contribution in [1.82, 2.24) is 20.2 Å². The number of aliphatic carboxylic acids is 1. The molecule has 3 aromatic rings. The van der Waals surface area contributed by atoms with Crippen LogP contribution in [0.25, 0.3) is 17.0 Å². The number of nitrogens with one attached hydrogen (secondary N) is 1. The number of aromatic nitrogens is 2. The van der Waals surface area contributed by atoms with Crippen LogP contribution in [0.3, 0.4) is 0 Å². The minimum atomic E-state index is -0.913. The van der Waals surface area contributed by atoms with E-state index < -0.39 is 17.9 Å². The second kappa shape index (κ2) is 15.6. The fourth-order valence-electron chi connectivity index (χ4n) is 7.50. The third-order valence-corrected chi connectivity index (χ3v) is 12.1. The zero-order chi connectivity index (χ0) is 35.4. The summed E-state index contributed by atoms with van der Waals surface area (Å²) in [5, 5.41) is 12.3. The van der Waals surface area contributed by atoms with E-state index in [0.717, 1.165) is 52.9 Å². The van der Waals surface area contributed by atoms with Crippen LogP contribution in [-0.2, 0) is 26.2 Å². The molecule has 1 saturated carbocycles. The molecule has 1 aromatic carbocycles. The average molecular weight is 699 g/mol. The first-order valence-corrected chi connectivity index (χ1v) is 18.9. The molecule has 2 aromatic heterocycles. The number of carboxylic acid groups (broad SMARTS) is 1. The number of carbonyl (C=O) groups excluding carboxylic acids is 2. The Kier molecular flexibility index (Phi) is 11.2. The number of benzene rings is 1. The molecule has 2 fully saturated rings. The molecule has 2 N–H and O–H groups in total. The van der Waals surface area contributed by atoms with E-state index >= 15 is 0 Å². The van der Waals surface area contributed by atoms with Gasteiger partial charge in [0, 0.05) is 54.5 Å². The van der Waals surface area contributed by atoms with Gasteiger partial charge < -0.3 is 20.1 Å². The lowest BCUT2D eigenvalue weighted by Crippen LogP contribution is -2.59. The standard InChI is InChI=1S/C40H50N4O5S/c1-5-49-32-16-14-27(15-17-32)26-10-12-28(13-11-26)30-21-41-36(42-22-30)29-8-6-25(7-9-29)20-33(38(46)44-23-31(24-44)39(47)48)43-37(45)34-18-19-35(50-34)40(2,3)4/h6-9,12,18-19,21-22,26-27,31-33H,5,10-11,13-17,20,23-24H2,1-4H3,(H,43,45)(H,47,48)/t26?,27-,32-,33-/m0/s1. The van der Waals surface area contributed by atoms with Gasteiger partial charge in [-0.05, 0) is 92.4 Å².